The number of carbonyl (C=O) groups is 1. The lowest BCUT2D eigenvalue weighted by atomic mass is 10.1. The van der Waals surface area contributed by atoms with E-state index in [1.807, 2.05) is 45.0 Å². The summed E-state index contributed by atoms with van der Waals surface area (Å²) in [5, 5.41) is 2.67. The van der Waals surface area contributed by atoms with Crippen molar-refractivity contribution >= 4 is 29.3 Å². The first-order chi connectivity index (χ1) is 13.0. The first-order valence-electron chi connectivity index (χ1n) is 8.54. The van der Waals surface area contributed by atoms with E-state index in [-0.39, 0.29) is 10.6 Å². The van der Waals surface area contributed by atoms with Gasteiger partial charge < -0.3 is 5.32 Å². The number of pyridine rings is 1. The second kappa shape index (κ2) is 9.78. The molecular weight excluding hydrogens is 365 g/mol. The highest BCUT2D eigenvalue weighted by atomic mass is 35.5. The average Bonchev–Trinajstić information content (AvgIpc) is 2.69. The molecule has 1 amide bonds. The molecule has 1 aromatic carbocycles. The smallest absolute Gasteiger partial charge is 0.256 e. The van der Waals surface area contributed by atoms with E-state index >= 15 is 0 Å². The molecule has 1 aromatic heterocycles. The molecule has 0 aliphatic carbocycles. The Balaban J connectivity index is 2.26. The van der Waals surface area contributed by atoms with Crippen LogP contribution < -0.4 is 5.32 Å². The molecule has 27 heavy (non-hydrogen) atoms. The molecule has 140 valence electrons. The highest BCUT2D eigenvalue weighted by Gasteiger charge is 2.11. The van der Waals surface area contributed by atoms with Crippen molar-refractivity contribution in [1.82, 2.24) is 10.3 Å². The largest absolute Gasteiger partial charge is 0.307 e. The van der Waals surface area contributed by atoms with Crippen LogP contribution in [0.2, 0.25) is 5.02 Å². The van der Waals surface area contributed by atoms with Crippen LogP contribution in [0.3, 0.4) is 0 Å². The van der Waals surface area contributed by atoms with Crippen molar-refractivity contribution in [3.8, 4) is 0 Å². The van der Waals surface area contributed by atoms with Gasteiger partial charge >= 0.3 is 0 Å². The maximum Gasteiger partial charge on any atom is 0.256 e. The van der Waals surface area contributed by atoms with Gasteiger partial charge in [0, 0.05) is 23.5 Å². The molecule has 0 saturated heterocycles. The molecule has 1 heterocycles. The Morgan fingerprint density at radius 2 is 2.11 bits per heavy atom. The highest BCUT2D eigenvalue weighted by Crippen LogP contribution is 2.17. The van der Waals surface area contributed by atoms with Crippen LogP contribution in [0.5, 0.6) is 0 Å². The summed E-state index contributed by atoms with van der Waals surface area (Å²) in [4.78, 5) is 21.3. The van der Waals surface area contributed by atoms with Gasteiger partial charge in [0.2, 0.25) is 0 Å². The van der Waals surface area contributed by atoms with Crippen LogP contribution in [-0.4, -0.2) is 17.1 Å². The Morgan fingerprint density at radius 1 is 1.33 bits per heavy atom. The third-order valence-electron chi connectivity index (χ3n) is 3.95. The van der Waals surface area contributed by atoms with E-state index in [0.717, 1.165) is 22.9 Å². The summed E-state index contributed by atoms with van der Waals surface area (Å²) in [5.74, 6) is -0.533. The molecule has 0 aliphatic rings. The topological polar surface area (TPSA) is 54.4 Å². The minimum atomic E-state index is -0.570. The van der Waals surface area contributed by atoms with E-state index in [9.17, 15) is 9.18 Å². The van der Waals surface area contributed by atoms with Crippen molar-refractivity contribution in [3.05, 3.63) is 82.2 Å². The standard InChI is InChI=1S/C21H21ClFN3O/c1-4-14(3)20(25-13-15(5-2)19-8-6-7-11-24-19)26-21(27)16-9-10-18(23)17(22)12-16/h5-13H,4H2,1-3H3,(H,26,27)/b15-5+,20-14-,25-13-. The molecule has 0 atom stereocenters. The molecule has 0 radical (unpaired) electrons. The van der Waals surface area contributed by atoms with Gasteiger partial charge in [0.1, 0.15) is 11.6 Å². The van der Waals surface area contributed by atoms with Gasteiger partial charge in [-0.1, -0.05) is 30.7 Å². The second-order valence-electron chi connectivity index (χ2n) is 5.78. The number of aliphatic imine (C=N–C) groups is 1. The number of nitrogens with one attached hydrogen (secondary N) is 1. The zero-order chi connectivity index (χ0) is 19.8. The molecule has 0 bridgehead atoms. The third kappa shape index (κ3) is 5.59. The Kier molecular flexibility index (Phi) is 7.44. The summed E-state index contributed by atoms with van der Waals surface area (Å²) in [6.07, 6.45) is 5.98. The minimum absolute atomic E-state index is 0.102. The molecule has 2 rings (SSSR count). The predicted octanol–water partition coefficient (Wildman–Crippen LogP) is 5.42. The highest BCUT2D eigenvalue weighted by molar-refractivity contribution is 6.31. The van der Waals surface area contributed by atoms with E-state index < -0.39 is 11.7 Å². The number of benzene rings is 1. The van der Waals surface area contributed by atoms with Crippen LogP contribution in [0.25, 0.3) is 5.57 Å². The van der Waals surface area contributed by atoms with Crippen LogP contribution in [-0.2, 0) is 0 Å². The van der Waals surface area contributed by atoms with Crippen LogP contribution in [0.15, 0.2) is 65.1 Å². The Labute approximate surface area is 163 Å². The third-order valence-corrected chi connectivity index (χ3v) is 4.24. The molecule has 2 aromatic rings. The van der Waals surface area contributed by atoms with Crippen molar-refractivity contribution in [1.29, 1.82) is 0 Å². The van der Waals surface area contributed by atoms with Gasteiger partial charge in [0.15, 0.2) is 0 Å². The normalized spacial score (nSPS) is 12.9. The molecule has 4 nitrogen and oxygen atoms in total. The zero-order valence-corrected chi connectivity index (χ0v) is 16.2. The molecule has 0 spiro atoms. The number of halogens is 2. The molecule has 1 N–H and O–H groups in total. The quantitative estimate of drug-likeness (QED) is 0.675. The number of allylic oxidation sites excluding steroid dienone is 3. The summed E-state index contributed by atoms with van der Waals surface area (Å²) < 4.78 is 13.3. The maximum absolute atomic E-state index is 13.3. The number of hydrogen-bond acceptors (Lipinski definition) is 3. The summed E-state index contributed by atoms with van der Waals surface area (Å²) in [6, 6.07) is 9.46. The number of aromatic nitrogens is 1. The Bertz CT molecular complexity index is 905. The van der Waals surface area contributed by atoms with Gasteiger partial charge in [-0.15, -0.1) is 0 Å². The lowest BCUT2D eigenvalue weighted by Crippen LogP contribution is -2.23. The van der Waals surface area contributed by atoms with Crippen molar-refractivity contribution in [2.24, 2.45) is 4.99 Å². The van der Waals surface area contributed by atoms with Gasteiger partial charge in [-0.2, -0.15) is 0 Å². The van der Waals surface area contributed by atoms with E-state index in [0.29, 0.717) is 12.2 Å². The fraction of sp³-hybridized carbons (Fsp3) is 0.190. The van der Waals surface area contributed by atoms with Crippen molar-refractivity contribution in [2.75, 3.05) is 0 Å². The SMILES string of the molecule is C\C=C(/C=N\C(NC(=O)c1ccc(F)c(Cl)c1)=C(/C)CC)c1ccccn1. The van der Waals surface area contributed by atoms with Crippen molar-refractivity contribution < 1.29 is 9.18 Å². The lowest BCUT2D eigenvalue weighted by Gasteiger charge is -2.10. The first kappa shape index (κ1) is 20.5. The number of hydrogen-bond donors (Lipinski definition) is 1. The molecule has 0 aliphatic heterocycles. The molecular formula is C21H21ClFN3O. The lowest BCUT2D eigenvalue weighted by molar-refractivity contribution is 0.0965. The monoisotopic (exact) mass is 385 g/mol. The molecule has 0 fully saturated rings. The summed E-state index contributed by atoms with van der Waals surface area (Å²) >= 11 is 5.76. The Hall–Kier alpha value is -2.79. The van der Waals surface area contributed by atoms with Gasteiger partial charge in [0.25, 0.3) is 5.91 Å². The van der Waals surface area contributed by atoms with Gasteiger partial charge in [-0.05, 0) is 56.2 Å². The molecule has 0 unspecified atom stereocenters. The summed E-state index contributed by atoms with van der Waals surface area (Å²) in [5.41, 5.74) is 2.78. The number of amides is 1. The van der Waals surface area contributed by atoms with Crippen LogP contribution in [0, 0.1) is 5.82 Å². The predicted molar refractivity (Wildman–Crippen MR) is 108 cm³/mol. The van der Waals surface area contributed by atoms with Gasteiger partial charge in [0.05, 0.1) is 10.7 Å². The maximum atomic E-state index is 13.3. The molecule has 0 saturated carbocycles. The summed E-state index contributed by atoms with van der Waals surface area (Å²) in [6.45, 7) is 5.76. The number of nitrogens with zero attached hydrogens (tertiary/aromatic N) is 2. The average molecular weight is 386 g/mol. The van der Waals surface area contributed by atoms with Gasteiger partial charge in [-0.3, -0.25) is 9.78 Å². The fourth-order valence-corrected chi connectivity index (χ4v) is 2.37. The second-order valence-corrected chi connectivity index (χ2v) is 6.19. The zero-order valence-electron chi connectivity index (χ0n) is 15.5. The van der Waals surface area contributed by atoms with E-state index in [1.54, 1.807) is 12.4 Å². The van der Waals surface area contributed by atoms with E-state index in [1.165, 1.54) is 12.1 Å². The number of rotatable bonds is 6. The minimum Gasteiger partial charge on any atom is -0.307 e. The number of carbonyl (C=O) groups excluding carboxylic acids is 1. The van der Waals surface area contributed by atoms with Crippen LogP contribution in [0.1, 0.15) is 43.2 Å². The van der Waals surface area contributed by atoms with Crippen molar-refractivity contribution in [2.45, 2.75) is 27.2 Å². The molecule has 6 heteroatoms. The Morgan fingerprint density at radius 3 is 2.70 bits per heavy atom. The van der Waals surface area contributed by atoms with E-state index in [2.05, 4.69) is 15.3 Å². The fourth-order valence-electron chi connectivity index (χ4n) is 2.19. The van der Waals surface area contributed by atoms with Crippen molar-refractivity contribution in [3.63, 3.8) is 0 Å². The van der Waals surface area contributed by atoms with E-state index in [4.69, 9.17) is 11.6 Å². The first-order valence-corrected chi connectivity index (χ1v) is 8.92. The van der Waals surface area contributed by atoms with Crippen LogP contribution in [0.4, 0.5) is 4.39 Å². The summed E-state index contributed by atoms with van der Waals surface area (Å²) in [7, 11) is 0. The van der Waals surface area contributed by atoms with Gasteiger partial charge in [-0.25, -0.2) is 9.38 Å². The van der Waals surface area contributed by atoms with Crippen LogP contribution >= 0.6 is 11.6 Å².